The number of carbonyl (C=O) groups is 5. The summed E-state index contributed by atoms with van der Waals surface area (Å²) in [5.74, 6) is -2.14. The van der Waals surface area contributed by atoms with Crippen LogP contribution in [-0.4, -0.2) is 35.8 Å². The van der Waals surface area contributed by atoms with Crippen molar-refractivity contribution < 1.29 is 28.7 Å². The topological polar surface area (TPSA) is 107 Å². The molecule has 0 spiro atoms. The summed E-state index contributed by atoms with van der Waals surface area (Å²) in [6.45, 7) is 5.21. The van der Waals surface area contributed by atoms with Crippen LogP contribution in [0.2, 0.25) is 0 Å². The highest BCUT2D eigenvalue weighted by Gasteiger charge is 2.33. The van der Waals surface area contributed by atoms with Crippen LogP contribution < -0.4 is 5.32 Å². The molecule has 0 atom stereocenters. The van der Waals surface area contributed by atoms with Crippen LogP contribution in [0.1, 0.15) is 77.5 Å². The Balaban J connectivity index is 1.44. The van der Waals surface area contributed by atoms with Gasteiger partial charge in [0.1, 0.15) is 0 Å². The second kappa shape index (κ2) is 9.38. The largest absolute Gasteiger partial charge is 0.454 e. The second-order valence-corrected chi connectivity index (χ2v) is 10.3. The molecule has 0 aliphatic heterocycles. The van der Waals surface area contributed by atoms with Gasteiger partial charge in [-0.05, 0) is 18.2 Å². The number of fused-ring (bicyclic) bond motifs is 2. The van der Waals surface area contributed by atoms with Crippen LogP contribution in [0.25, 0.3) is 0 Å². The van der Waals surface area contributed by atoms with E-state index < -0.39 is 29.6 Å². The molecule has 3 aromatic rings. The first-order chi connectivity index (χ1) is 16.6. The van der Waals surface area contributed by atoms with Crippen molar-refractivity contribution in [2.45, 2.75) is 27.3 Å². The third-order valence-electron chi connectivity index (χ3n) is 5.55. The molecule has 0 fully saturated rings. The van der Waals surface area contributed by atoms with Gasteiger partial charge in [0.15, 0.2) is 18.2 Å². The Morgan fingerprint density at radius 2 is 1.51 bits per heavy atom. The van der Waals surface area contributed by atoms with Gasteiger partial charge in [0.05, 0.1) is 17.0 Å². The maximum atomic E-state index is 13.1. The number of carbonyl (C=O) groups excluding carboxylic acids is 5. The van der Waals surface area contributed by atoms with Gasteiger partial charge in [0.25, 0.3) is 0 Å². The summed E-state index contributed by atoms with van der Waals surface area (Å²) in [6.07, 6.45) is 0. The summed E-state index contributed by atoms with van der Waals surface area (Å²) in [4.78, 5) is 64.5. The van der Waals surface area contributed by atoms with Gasteiger partial charge in [-0.1, -0.05) is 57.2 Å². The molecule has 0 unspecified atom stereocenters. The molecule has 0 radical (unpaired) electrons. The minimum atomic E-state index is -0.857. The summed E-state index contributed by atoms with van der Waals surface area (Å²) in [5, 5.41) is 2.82. The van der Waals surface area contributed by atoms with E-state index in [1.54, 1.807) is 36.4 Å². The molecular weight excluding hydrogens is 466 g/mol. The predicted octanol–water partition coefficient (Wildman–Crippen LogP) is 4.23. The van der Waals surface area contributed by atoms with Gasteiger partial charge in [-0.3, -0.25) is 19.2 Å². The lowest BCUT2D eigenvalue weighted by atomic mass is 9.82. The maximum absolute atomic E-state index is 13.1. The fourth-order valence-electron chi connectivity index (χ4n) is 3.65. The smallest absolute Gasteiger partial charge is 0.339 e. The third kappa shape index (κ3) is 4.83. The Morgan fingerprint density at radius 1 is 0.857 bits per heavy atom. The van der Waals surface area contributed by atoms with Crippen molar-refractivity contribution in [3.8, 4) is 0 Å². The van der Waals surface area contributed by atoms with E-state index in [9.17, 15) is 24.0 Å². The van der Waals surface area contributed by atoms with Gasteiger partial charge in [-0.15, -0.1) is 11.3 Å². The normalized spacial score (nSPS) is 12.5. The molecular formula is C27H23NO6S. The summed E-state index contributed by atoms with van der Waals surface area (Å²) < 4.78 is 5.22. The minimum Gasteiger partial charge on any atom is -0.454 e. The number of thiophene rings is 1. The first-order valence-electron chi connectivity index (χ1n) is 11.0. The molecule has 1 aromatic heterocycles. The van der Waals surface area contributed by atoms with E-state index in [-0.39, 0.29) is 39.5 Å². The van der Waals surface area contributed by atoms with Gasteiger partial charge >= 0.3 is 5.97 Å². The Hall–Kier alpha value is -3.91. The molecule has 0 saturated heterocycles. The van der Waals surface area contributed by atoms with Crippen LogP contribution in [0, 0.1) is 5.41 Å². The molecule has 1 aliphatic carbocycles. The number of Topliss-reactive ketones (excluding diaryl/α,β-unsaturated/α-hetero) is 1. The summed E-state index contributed by atoms with van der Waals surface area (Å²) in [7, 11) is 0. The van der Waals surface area contributed by atoms with Crippen LogP contribution >= 0.6 is 11.3 Å². The van der Waals surface area contributed by atoms with E-state index in [0.717, 1.165) is 4.88 Å². The average molecular weight is 490 g/mol. The zero-order chi connectivity index (χ0) is 25.3. The first kappa shape index (κ1) is 24.2. The highest BCUT2D eigenvalue weighted by Crippen LogP contribution is 2.30. The molecule has 1 aliphatic rings. The van der Waals surface area contributed by atoms with Crippen LogP contribution in [0.15, 0.2) is 54.6 Å². The molecule has 178 valence electrons. The van der Waals surface area contributed by atoms with E-state index in [4.69, 9.17) is 4.74 Å². The number of hydrogen-bond acceptors (Lipinski definition) is 7. The number of ketones is 3. The fraction of sp³-hybridized carbons (Fsp3) is 0.222. The third-order valence-corrected chi connectivity index (χ3v) is 6.67. The average Bonchev–Trinajstić information content (AvgIpc) is 3.32. The highest BCUT2D eigenvalue weighted by atomic mass is 32.1. The number of ether oxygens (including phenoxy) is 1. The minimum absolute atomic E-state index is 0.0124. The van der Waals surface area contributed by atoms with Gasteiger partial charge < -0.3 is 10.1 Å². The molecule has 4 rings (SSSR count). The van der Waals surface area contributed by atoms with Crippen LogP contribution in [0.3, 0.4) is 0 Å². The predicted molar refractivity (Wildman–Crippen MR) is 130 cm³/mol. The zero-order valence-electron chi connectivity index (χ0n) is 19.5. The van der Waals surface area contributed by atoms with Crippen molar-refractivity contribution in [2.75, 3.05) is 6.61 Å². The molecule has 0 bridgehead atoms. The van der Waals surface area contributed by atoms with Crippen LogP contribution in [-0.2, 0) is 16.1 Å². The summed E-state index contributed by atoms with van der Waals surface area (Å²) in [5.41, 5.74) is 0.0644. The molecule has 1 N–H and O–H groups in total. The Kier molecular flexibility index (Phi) is 6.49. The fourth-order valence-corrected chi connectivity index (χ4v) is 4.52. The van der Waals surface area contributed by atoms with Crippen molar-refractivity contribution in [3.05, 3.63) is 92.2 Å². The Bertz CT molecular complexity index is 1380. The lowest BCUT2D eigenvalue weighted by molar-refractivity contribution is -0.128. The molecule has 0 saturated carbocycles. The Labute approximate surface area is 206 Å². The number of amides is 1. The van der Waals surface area contributed by atoms with Crippen molar-refractivity contribution in [1.82, 2.24) is 5.32 Å². The van der Waals surface area contributed by atoms with Gasteiger partial charge in [0.2, 0.25) is 11.7 Å². The molecule has 8 heteroatoms. The quantitative estimate of drug-likeness (QED) is 0.321. The van der Waals surface area contributed by atoms with E-state index in [1.165, 1.54) is 29.5 Å². The summed E-state index contributed by atoms with van der Waals surface area (Å²) >= 11 is 1.20. The zero-order valence-corrected chi connectivity index (χ0v) is 20.3. The number of esters is 1. The van der Waals surface area contributed by atoms with Crippen molar-refractivity contribution in [2.24, 2.45) is 5.41 Å². The molecule has 2 aromatic carbocycles. The number of nitrogens with one attached hydrogen (secondary N) is 1. The lowest BCUT2D eigenvalue weighted by Gasteiger charge is -2.19. The van der Waals surface area contributed by atoms with Crippen molar-refractivity contribution in [1.29, 1.82) is 0 Å². The Morgan fingerprint density at radius 3 is 2.20 bits per heavy atom. The maximum Gasteiger partial charge on any atom is 0.339 e. The van der Waals surface area contributed by atoms with E-state index >= 15 is 0 Å². The van der Waals surface area contributed by atoms with Crippen LogP contribution in [0.5, 0.6) is 0 Å². The monoisotopic (exact) mass is 489 g/mol. The standard InChI is InChI=1S/C27H23NO6S/c1-27(2,3)26(33)28-13-15-11-12-21(35-15)20(29)14-34-25(32)19-10-6-9-18-22(19)24(31)17-8-5-4-7-16(17)23(18)30/h4-12H,13-14H2,1-3H3,(H,28,33). The van der Waals surface area contributed by atoms with Crippen molar-refractivity contribution in [3.63, 3.8) is 0 Å². The van der Waals surface area contributed by atoms with Gasteiger partial charge in [-0.2, -0.15) is 0 Å². The highest BCUT2D eigenvalue weighted by molar-refractivity contribution is 7.14. The SMILES string of the molecule is CC(C)(C)C(=O)NCc1ccc(C(=O)COC(=O)c2cccc3c2C(=O)c2ccccc2C3=O)s1. The van der Waals surface area contributed by atoms with Crippen LogP contribution in [0.4, 0.5) is 0 Å². The van der Waals surface area contributed by atoms with E-state index in [0.29, 0.717) is 11.4 Å². The van der Waals surface area contributed by atoms with Gasteiger partial charge in [0, 0.05) is 32.5 Å². The van der Waals surface area contributed by atoms with Gasteiger partial charge in [-0.25, -0.2) is 4.79 Å². The second-order valence-electron chi connectivity index (χ2n) is 9.13. The molecule has 35 heavy (non-hydrogen) atoms. The molecule has 1 heterocycles. The van der Waals surface area contributed by atoms with E-state index in [2.05, 4.69) is 5.32 Å². The number of benzene rings is 2. The van der Waals surface area contributed by atoms with E-state index in [1.807, 2.05) is 20.8 Å². The number of rotatable bonds is 6. The molecule has 1 amide bonds. The van der Waals surface area contributed by atoms with Crippen molar-refractivity contribution >= 4 is 40.6 Å². The molecule has 7 nitrogen and oxygen atoms in total. The first-order valence-corrected chi connectivity index (χ1v) is 11.8. The number of hydrogen-bond donors (Lipinski definition) is 1. The summed E-state index contributed by atoms with van der Waals surface area (Å²) in [6, 6.07) is 14.2. The lowest BCUT2D eigenvalue weighted by Crippen LogP contribution is -2.34.